The quantitative estimate of drug-likeness (QED) is 0.822. The molecule has 7 heteroatoms. The van der Waals surface area contributed by atoms with E-state index in [1.165, 1.54) is 30.7 Å². The lowest BCUT2D eigenvalue weighted by Gasteiger charge is -2.38. The molecule has 1 heterocycles. The fourth-order valence-corrected chi connectivity index (χ4v) is 2.66. The summed E-state index contributed by atoms with van der Waals surface area (Å²) in [5.74, 6) is 0. The lowest BCUT2D eigenvalue weighted by Crippen LogP contribution is -2.48. The zero-order chi connectivity index (χ0) is 14.6. The summed E-state index contributed by atoms with van der Waals surface area (Å²) in [6.07, 6.45) is 4.06. The standard InChI is InChI=1S/C13H15F2N3OS/c1-19-12(13(14,15)20-2,8-18-10-16-9-17-18)11-6-4-3-5-7-11/h3-7,9-10H,8H2,1-2H3. The van der Waals surface area contributed by atoms with Crippen molar-refractivity contribution in [2.24, 2.45) is 0 Å². The second kappa shape index (κ2) is 5.88. The highest BCUT2D eigenvalue weighted by Crippen LogP contribution is 2.47. The first-order valence-electron chi connectivity index (χ1n) is 5.92. The fraction of sp³-hybridized carbons (Fsp3) is 0.385. The third-order valence-corrected chi connectivity index (χ3v) is 4.01. The molecule has 108 valence electrons. The minimum absolute atomic E-state index is 0.124. The smallest absolute Gasteiger partial charge is 0.327 e. The first kappa shape index (κ1) is 14.9. The van der Waals surface area contributed by atoms with E-state index in [1.807, 2.05) is 0 Å². The van der Waals surface area contributed by atoms with Crippen molar-refractivity contribution in [2.75, 3.05) is 13.4 Å². The number of hydrogen-bond acceptors (Lipinski definition) is 4. The van der Waals surface area contributed by atoms with E-state index in [1.54, 1.807) is 30.3 Å². The van der Waals surface area contributed by atoms with Gasteiger partial charge in [-0.05, 0) is 11.8 Å². The van der Waals surface area contributed by atoms with E-state index in [-0.39, 0.29) is 6.54 Å². The zero-order valence-corrected chi connectivity index (χ0v) is 12.0. The number of nitrogens with zero attached hydrogens (tertiary/aromatic N) is 3. The van der Waals surface area contributed by atoms with Gasteiger partial charge in [0.2, 0.25) is 0 Å². The normalized spacial score (nSPS) is 15.0. The Labute approximate surface area is 120 Å². The number of halogens is 2. The van der Waals surface area contributed by atoms with E-state index in [9.17, 15) is 8.78 Å². The van der Waals surface area contributed by atoms with Gasteiger partial charge in [-0.3, -0.25) is 0 Å². The van der Waals surface area contributed by atoms with Crippen molar-refractivity contribution in [3.63, 3.8) is 0 Å². The second-order valence-corrected chi connectivity index (χ2v) is 5.13. The molecule has 1 atom stereocenters. The molecule has 2 rings (SSSR count). The van der Waals surface area contributed by atoms with Gasteiger partial charge in [0, 0.05) is 7.11 Å². The molecule has 1 aromatic heterocycles. The Morgan fingerprint density at radius 2 is 2.00 bits per heavy atom. The van der Waals surface area contributed by atoms with Gasteiger partial charge in [-0.25, -0.2) is 9.67 Å². The number of alkyl halides is 2. The van der Waals surface area contributed by atoms with Crippen LogP contribution < -0.4 is 0 Å². The van der Waals surface area contributed by atoms with Crippen LogP contribution in [0.25, 0.3) is 0 Å². The van der Waals surface area contributed by atoms with Crippen LogP contribution >= 0.6 is 11.8 Å². The molecule has 4 nitrogen and oxygen atoms in total. The molecule has 0 aliphatic heterocycles. The lowest BCUT2D eigenvalue weighted by molar-refractivity contribution is -0.159. The Morgan fingerprint density at radius 3 is 2.50 bits per heavy atom. The number of thioether (sulfide) groups is 1. The van der Waals surface area contributed by atoms with Crippen LogP contribution in [0.2, 0.25) is 0 Å². The SMILES string of the molecule is COC(Cn1cncn1)(c1ccccc1)C(F)(F)SC. The van der Waals surface area contributed by atoms with Crippen molar-refractivity contribution >= 4 is 11.8 Å². The molecule has 0 N–H and O–H groups in total. The molecule has 0 aliphatic carbocycles. The molecule has 0 bridgehead atoms. The largest absolute Gasteiger partial charge is 0.364 e. The van der Waals surface area contributed by atoms with Gasteiger partial charge >= 0.3 is 5.25 Å². The summed E-state index contributed by atoms with van der Waals surface area (Å²) in [7, 11) is 1.29. The summed E-state index contributed by atoms with van der Waals surface area (Å²) < 4.78 is 35.7. The number of aromatic nitrogens is 3. The predicted molar refractivity (Wildman–Crippen MR) is 73.6 cm³/mol. The summed E-state index contributed by atoms with van der Waals surface area (Å²) in [5, 5.41) is 0.789. The van der Waals surface area contributed by atoms with Gasteiger partial charge in [-0.2, -0.15) is 13.9 Å². The first-order valence-corrected chi connectivity index (χ1v) is 7.14. The molecule has 0 saturated carbocycles. The molecular formula is C13H15F2N3OS. The van der Waals surface area contributed by atoms with Crippen LogP contribution in [0.15, 0.2) is 43.0 Å². The summed E-state index contributed by atoms with van der Waals surface area (Å²) in [5.41, 5.74) is -1.40. The van der Waals surface area contributed by atoms with Gasteiger partial charge in [-0.15, -0.1) is 0 Å². The molecule has 0 fully saturated rings. The summed E-state index contributed by atoms with van der Waals surface area (Å²) >= 11 is 0.455. The van der Waals surface area contributed by atoms with Gasteiger partial charge in [-0.1, -0.05) is 42.1 Å². The van der Waals surface area contributed by atoms with Crippen LogP contribution in [0.5, 0.6) is 0 Å². The van der Waals surface area contributed by atoms with Crippen molar-refractivity contribution in [1.82, 2.24) is 14.8 Å². The van der Waals surface area contributed by atoms with Crippen molar-refractivity contribution in [1.29, 1.82) is 0 Å². The third-order valence-electron chi connectivity index (χ3n) is 3.17. The molecule has 0 saturated heterocycles. The van der Waals surface area contributed by atoms with Gasteiger partial charge in [0.15, 0.2) is 5.60 Å². The van der Waals surface area contributed by atoms with E-state index in [2.05, 4.69) is 10.1 Å². The van der Waals surface area contributed by atoms with Crippen LogP contribution in [-0.2, 0) is 16.9 Å². The van der Waals surface area contributed by atoms with E-state index in [0.717, 1.165) is 0 Å². The van der Waals surface area contributed by atoms with Crippen LogP contribution in [0.3, 0.4) is 0 Å². The number of methoxy groups -OCH3 is 1. The van der Waals surface area contributed by atoms with Crippen molar-refractivity contribution in [3.05, 3.63) is 48.5 Å². The Balaban J connectivity index is 2.52. The van der Waals surface area contributed by atoms with E-state index in [0.29, 0.717) is 17.3 Å². The minimum atomic E-state index is -3.12. The Kier molecular flexibility index (Phi) is 4.39. The first-order chi connectivity index (χ1) is 9.55. The number of ether oxygens (including phenoxy) is 1. The molecule has 20 heavy (non-hydrogen) atoms. The van der Waals surface area contributed by atoms with Gasteiger partial charge < -0.3 is 4.74 Å². The topological polar surface area (TPSA) is 39.9 Å². The molecular weight excluding hydrogens is 284 g/mol. The molecule has 1 aromatic carbocycles. The fourth-order valence-electron chi connectivity index (χ4n) is 2.07. The Hall–Kier alpha value is -1.47. The average molecular weight is 299 g/mol. The highest BCUT2D eigenvalue weighted by Gasteiger charge is 2.55. The summed E-state index contributed by atoms with van der Waals surface area (Å²) in [4.78, 5) is 3.79. The van der Waals surface area contributed by atoms with Crippen molar-refractivity contribution in [2.45, 2.75) is 17.4 Å². The maximum Gasteiger partial charge on any atom is 0.327 e. The third kappa shape index (κ3) is 2.55. The minimum Gasteiger partial charge on any atom is -0.364 e. The number of hydrogen-bond donors (Lipinski definition) is 0. The Morgan fingerprint density at radius 1 is 1.30 bits per heavy atom. The van der Waals surface area contributed by atoms with E-state index >= 15 is 0 Å². The zero-order valence-electron chi connectivity index (χ0n) is 11.2. The maximum atomic E-state index is 14.5. The Bertz CT molecular complexity index is 536. The molecule has 1 unspecified atom stereocenters. The van der Waals surface area contributed by atoms with Gasteiger partial charge in [0.25, 0.3) is 0 Å². The van der Waals surface area contributed by atoms with Crippen LogP contribution in [0.1, 0.15) is 5.56 Å². The average Bonchev–Trinajstić information content (AvgIpc) is 2.98. The highest BCUT2D eigenvalue weighted by molar-refractivity contribution is 7.99. The number of benzene rings is 1. The van der Waals surface area contributed by atoms with E-state index < -0.39 is 10.9 Å². The monoisotopic (exact) mass is 299 g/mol. The molecule has 0 spiro atoms. The lowest BCUT2D eigenvalue weighted by atomic mass is 9.93. The predicted octanol–water partition coefficient (Wildman–Crippen LogP) is 2.78. The van der Waals surface area contributed by atoms with Crippen LogP contribution in [0, 0.1) is 0 Å². The maximum absolute atomic E-state index is 14.5. The molecule has 0 radical (unpaired) electrons. The molecule has 0 aliphatic rings. The van der Waals surface area contributed by atoms with Crippen molar-refractivity contribution < 1.29 is 13.5 Å². The summed E-state index contributed by atoms with van der Waals surface area (Å²) in [6.45, 7) is -0.124. The van der Waals surface area contributed by atoms with Gasteiger partial charge in [0.05, 0.1) is 6.54 Å². The van der Waals surface area contributed by atoms with Gasteiger partial charge in [0.1, 0.15) is 12.7 Å². The van der Waals surface area contributed by atoms with E-state index in [4.69, 9.17) is 4.74 Å². The van der Waals surface area contributed by atoms with Crippen LogP contribution in [0.4, 0.5) is 8.78 Å². The second-order valence-electron chi connectivity index (χ2n) is 4.21. The highest BCUT2D eigenvalue weighted by atomic mass is 32.2. The molecule has 0 amide bonds. The molecule has 2 aromatic rings. The number of rotatable bonds is 6. The summed E-state index contributed by atoms with van der Waals surface area (Å²) in [6, 6.07) is 8.45. The van der Waals surface area contributed by atoms with Crippen LogP contribution in [-0.4, -0.2) is 33.4 Å². The van der Waals surface area contributed by atoms with Crippen molar-refractivity contribution in [3.8, 4) is 0 Å².